The molecular formula is C14H22N2. The molecule has 2 heteroatoms. The molecule has 0 radical (unpaired) electrons. The molecule has 0 aliphatic heterocycles. The lowest BCUT2D eigenvalue weighted by Crippen LogP contribution is -2.06. The van der Waals surface area contributed by atoms with Crippen LogP contribution < -0.4 is 0 Å². The first-order valence-corrected chi connectivity index (χ1v) is 6.02. The van der Waals surface area contributed by atoms with E-state index in [2.05, 4.69) is 32.4 Å². The number of aromatic nitrogens is 2. The minimum atomic E-state index is 0.586. The zero-order valence-corrected chi connectivity index (χ0v) is 10.8. The van der Waals surface area contributed by atoms with Gasteiger partial charge in [-0.15, -0.1) is 0 Å². The van der Waals surface area contributed by atoms with Crippen LogP contribution in [0.5, 0.6) is 0 Å². The summed E-state index contributed by atoms with van der Waals surface area (Å²) in [6.07, 6.45) is 6.12. The molecule has 0 spiro atoms. The zero-order chi connectivity index (χ0) is 12.1. The van der Waals surface area contributed by atoms with E-state index in [1.807, 2.05) is 29.9 Å². The molecule has 0 amide bonds. The minimum Gasteiger partial charge on any atom is -0.241 e. The Morgan fingerprint density at radius 2 is 2.25 bits per heavy atom. The molecular weight excluding hydrogens is 196 g/mol. The third-order valence-electron chi connectivity index (χ3n) is 3.08. The van der Waals surface area contributed by atoms with Crippen LogP contribution >= 0.6 is 0 Å². The Kier molecular flexibility index (Phi) is 4.53. The summed E-state index contributed by atoms with van der Waals surface area (Å²) in [4.78, 5) is 0. The number of nitrogens with zero attached hydrogens (tertiary/aromatic N) is 2. The van der Waals surface area contributed by atoms with Crippen molar-refractivity contribution in [3.05, 3.63) is 36.2 Å². The van der Waals surface area contributed by atoms with Crippen LogP contribution in [-0.2, 0) is 0 Å². The van der Waals surface area contributed by atoms with E-state index in [-0.39, 0.29) is 0 Å². The molecule has 1 atom stereocenters. The third kappa shape index (κ3) is 2.63. The molecule has 1 aromatic heterocycles. The second-order valence-corrected chi connectivity index (χ2v) is 4.18. The lowest BCUT2D eigenvalue weighted by Gasteiger charge is -2.16. The molecule has 0 saturated carbocycles. The molecule has 1 heterocycles. The standard InChI is InChI=1S/C14H22N2/c1-6-11(4)13(7-2)14(8-3)16-10-9-12(5)15-16/h8-11H,3,6-7H2,1-2,4-5H3. The quantitative estimate of drug-likeness (QED) is 0.682. The number of aryl methyl sites for hydroxylation is 1. The Labute approximate surface area is 98.7 Å². The van der Waals surface area contributed by atoms with Crippen LogP contribution in [0.2, 0.25) is 0 Å². The Morgan fingerprint density at radius 1 is 1.56 bits per heavy atom. The van der Waals surface area contributed by atoms with Crippen LogP contribution in [0.4, 0.5) is 0 Å². The van der Waals surface area contributed by atoms with Crippen molar-refractivity contribution in [3.63, 3.8) is 0 Å². The fourth-order valence-electron chi connectivity index (χ4n) is 1.95. The fourth-order valence-corrected chi connectivity index (χ4v) is 1.95. The van der Waals surface area contributed by atoms with Gasteiger partial charge in [0.05, 0.1) is 11.4 Å². The van der Waals surface area contributed by atoms with Crippen molar-refractivity contribution in [2.24, 2.45) is 5.92 Å². The molecule has 2 nitrogen and oxygen atoms in total. The molecule has 0 N–H and O–H groups in total. The van der Waals surface area contributed by atoms with Crippen LogP contribution in [0, 0.1) is 12.8 Å². The lowest BCUT2D eigenvalue weighted by molar-refractivity contribution is 0.629. The Morgan fingerprint density at radius 3 is 2.62 bits per heavy atom. The fraction of sp³-hybridized carbons (Fsp3) is 0.500. The predicted molar refractivity (Wildman–Crippen MR) is 70.1 cm³/mol. The van der Waals surface area contributed by atoms with Crippen molar-refractivity contribution in [2.45, 2.75) is 40.5 Å². The van der Waals surface area contributed by atoms with Gasteiger partial charge in [0.25, 0.3) is 0 Å². The summed E-state index contributed by atoms with van der Waals surface area (Å²) >= 11 is 0. The van der Waals surface area contributed by atoms with Gasteiger partial charge in [0.1, 0.15) is 0 Å². The summed E-state index contributed by atoms with van der Waals surface area (Å²) in [5.74, 6) is 0.586. The van der Waals surface area contributed by atoms with E-state index in [4.69, 9.17) is 0 Å². The molecule has 0 bridgehead atoms. The van der Waals surface area contributed by atoms with E-state index in [1.54, 1.807) is 0 Å². The van der Waals surface area contributed by atoms with Gasteiger partial charge in [0.2, 0.25) is 0 Å². The molecule has 16 heavy (non-hydrogen) atoms. The second-order valence-electron chi connectivity index (χ2n) is 4.18. The van der Waals surface area contributed by atoms with Crippen molar-refractivity contribution in [1.29, 1.82) is 0 Å². The zero-order valence-electron chi connectivity index (χ0n) is 10.8. The molecule has 88 valence electrons. The Balaban J connectivity index is 3.20. The first-order chi connectivity index (χ1) is 7.63. The topological polar surface area (TPSA) is 17.8 Å². The molecule has 0 fully saturated rings. The first kappa shape index (κ1) is 12.8. The minimum absolute atomic E-state index is 0.586. The largest absolute Gasteiger partial charge is 0.241 e. The molecule has 1 unspecified atom stereocenters. The van der Waals surface area contributed by atoms with Gasteiger partial charge in [-0.05, 0) is 43.4 Å². The molecule has 0 aliphatic rings. The summed E-state index contributed by atoms with van der Waals surface area (Å²) in [7, 11) is 0. The van der Waals surface area contributed by atoms with E-state index in [0.29, 0.717) is 5.92 Å². The van der Waals surface area contributed by atoms with E-state index in [0.717, 1.165) is 24.2 Å². The summed E-state index contributed by atoms with van der Waals surface area (Å²) in [6.45, 7) is 12.6. The van der Waals surface area contributed by atoms with Crippen LogP contribution in [0.1, 0.15) is 39.3 Å². The Bertz CT molecular complexity index is 385. The Hall–Kier alpha value is -1.31. The van der Waals surface area contributed by atoms with Gasteiger partial charge in [-0.25, -0.2) is 4.68 Å². The van der Waals surface area contributed by atoms with Crippen LogP contribution in [0.3, 0.4) is 0 Å². The van der Waals surface area contributed by atoms with Crippen molar-refractivity contribution < 1.29 is 0 Å². The highest BCUT2D eigenvalue weighted by Gasteiger charge is 2.11. The van der Waals surface area contributed by atoms with Crippen LogP contribution in [0.15, 0.2) is 30.5 Å². The SMILES string of the molecule is C=CC(=C(CC)C(C)CC)n1ccc(C)n1. The molecule has 1 rings (SSSR count). The molecule has 0 aromatic carbocycles. The monoisotopic (exact) mass is 218 g/mol. The van der Waals surface area contributed by atoms with Gasteiger partial charge in [0.15, 0.2) is 0 Å². The maximum Gasteiger partial charge on any atom is 0.0634 e. The van der Waals surface area contributed by atoms with Crippen LogP contribution in [0.25, 0.3) is 5.70 Å². The van der Waals surface area contributed by atoms with E-state index >= 15 is 0 Å². The lowest BCUT2D eigenvalue weighted by atomic mass is 9.94. The smallest absolute Gasteiger partial charge is 0.0634 e. The van der Waals surface area contributed by atoms with Crippen LogP contribution in [-0.4, -0.2) is 9.78 Å². The first-order valence-electron chi connectivity index (χ1n) is 6.02. The highest BCUT2D eigenvalue weighted by molar-refractivity contribution is 5.60. The van der Waals surface area contributed by atoms with Gasteiger partial charge in [-0.3, -0.25) is 0 Å². The molecule has 0 saturated heterocycles. The highest BCUT2D eigenvalue weighted by atomic mass is 15.3. The van der Waals surface area contributed by atoms with Crippen molar-refractivity contribution in [2.75, 3.05) is 0 Å². The normalized spacial score (nSPS) is 14.5. The van der Waals surface area contributed by atoms with Crippen molar-refractivity contribution in [3.8, 4) is 0 Å². The van der Waals surface area contributed by atoms with Crippen molar-refractivity contribution in [1.82, 2.24) is 9.78 Å². The summed E-state index contributed by atoms with van der Waals surface area (Å²) in [5.41, 5.74) is 3.62. The maximum absolute atomic E-state index is 4.45. The second kappa shape index (κ2) is 5.69. The molecule has 0 aliphatic carbocycles. The van der Waals surface area contributed by atoms with Gasteiger partial charge < -0.3 is 0 Å². The third-order valence-corrected chi connectivity index (χ3v) is 3.08. The average Bonchev–Trinajstić information content (AvgIpc) is 2.71. The van der Waals surface area contributed by atoms with Gasteiger partial charge in [0, 0.05) is 6.20 Å². The van der Waals surface area contributed by atoms with E-state index in [9.17, 15) is 0 Å². The summed E-state index contributed by atoms with van der Waals surface area (Å²) < 4.78 is 1.94. The maximum atomic E-state index is 4.45. The highest BCUT2D eigenvalue weighted by Crippen LogP contribution is 2.24. The van der Waals surface area contributed by atoms with E-state index < -0.39 is 0 Å². The number of allylic oxidation sites excluding steroid dienone is 3. The number of hydrogen-bond acceptors (Lipinski definition) is 1. The van der Waals surface area contributed by atoms with Gasteiger partial charge >= 0.3 is 0 Å². The number of rotatable bonds is 5. The van der Waals surface area contributed by atoms with Gasteiger partial charge in [-0.1, -0.05) is 27.4 Å². The summed E-state index contributed by atoms with van der Waals surface area (Å²) in [6, 6.07) is 2.02. The average molecular weight is 218 g/mol. The van der Waals surface area contributed by atoms with Gasteiger partial charge in [-0.2, -0.15) is 5.10 Å². The predicted octanol–water partition coefficient (Wildman–Crippen LogP) is 4.04. The number of hydrogen-bond donors (Lipinski definition) is 0. The molecule has 1 aromatic rings. The van der Waals surface area contributed by atoms with Crippen molar-refractivity contribution >= 4 is 5.70 Å². The summed E-state index contributed by atoms with van der Waals surface area (Å²) in [5, 5.41) is 4.45. The van der Waals surface area contributed by atoms with E-state index in [1.165, 1.54) is 5.57 Å².